The molecule has 0 saturated heterocycles. The molecule has 0 spiro atoms. The maximum Gasteiger partial charge on any atom is 0.337 e. The van der Waals surface area contributed by atoms with Gasteiger partial charge in [0.2, 0.25) is 0 Å². The van der Waals surface area contributed by atoms with Crippen LogP contribution in [0.2, 0.25) is 0 Å². The van der Waals surface area contributed by atoms with Crippen molar-refractivity contribution in [3.8, 4) is 0 Å². The lowest BCUT2D eigenvalue weighted by Gasteiger charge is -2.12. The summed E-state index contributed by atoms with van der Waals surface area (Å²) in [4.78, 5) is 22.6. The third-order valence-corrected chi connectivity index (χ3v) is 3.14. The summed E-state index contributed by atoms with van der Waals surface area (Å²) in [5.74, 6) is -1.11. The van der Waals surface area contributed by atoms with Crippen molar-refractivity contribution in [3.05, 3.63) is 26.6 Å². The van der Waals surface area contributed by atoms with Gasteiger partial charge in [-0.15, -0.1) is 0 Å². The number of urea groups is 1. The van der Waals surface area contributed by atoms with E-state index in [1.807, 2.05) is 6.92 Å². The molecule has 0 radical (unpaired) electrons. The smallest absolute Gasteiger partial charge is 0.337 e. The number of aromatic carboxylic acids is 1. The Bertz CT molecular complexity index is 478. The van der Waals surface area contributed by atoms with Crippen molar-refractivity contribution in [1.29, 1.82) is 0 Å². The van der Waals surface area contributed by atoms with Crippen LogP contribution in [0.15, 0.2) is 21.1 Å². The predicted octanol–water partition coefficient (Wildman–Crippen LogP) is 3.44. The van der Waals surface area contributed by atoms with Crippen LogP contribution in [0.1, 0.15) is 23.7 Å². The molecule has 0 saturated carbocycles. The lowest BCUT2D eigenvalue weighted by Crippen LogP contribution is -2.30. The van der Waals surface area contributed by atoms with Gasteiger partial charge < -0.3 is 15.7 Å². The molecule has 0 aliphatic heterocycles. The van der Waals surface area contributed by atoms with Crippen LogP contribution in [0, 0.1) is 0 Å². The van der Waals surface area contributed by atoms with Gasteiger partial charge in [-0.05, 0) is 34.5 Å². The Labute approximate surface area is 121 Å². The van der Waals surface area contributed by atoms with Gasteiger partial charge in [0.1, 0.15) is 0 Å². The standard InChI is InChI=1S/C11H12Br2N2O3/c1-2-3-14-11(18)15-9-7(10(16)17)4-6(12)5-8(9)13/h4-5H,2-3H2,1H3,(H,16,17)(H2,14,15,18). The van der Waals surface area contributed by atoms with E-state index in [-0.39, 0.29) is 11.3 Å². The molecule has 0 fully saturated rings. The summed E-state index contributed by atoms with van der Waals surface area (Å²) >= 11 is 6.43. The van der Waals surface area contributed by atoms with Crippen molar-refractivity contribution in [1.82, 2.24) is 5.32 Å². The molecule has 0 bridgehead atoms. The predicted molar refractivity (Wildman–Crippen MR) is 76.1 cm³/mol. The second-order valence-corrected chi connectivity index (χ2v) is 5.27. The number of halogens is 2. The Hall–Kier alpha value is -1.08. The Balaban J connectivity index is 3.00. The molecule has 0 unspecified atom stereocenters. The molecule has 5 nitrogen and oxygen atoms in total. The molecule has 7 heteroatoms. The van der Waals surface area contributed by atoms with E-state index in [1.165, 1.54) is 6.07 Å². The van der Waals surface area contributed by atoms with Crippen LogP contribution in [0.3, 0.4) is 0 Å². The first-order valence-corrected chi connectivity index (χ1v) is 6.81. The van der Waals surface area contributed by atoms with E-state index >= 15 is 0 Å². The number of rotatable bonds is 4. The van der Waals surface area contributed by atoms with Crippen molar-refractivity contribution in [2.45, 2.75) is 13.3 Å². The molecule has 1 aromatic carbocycles. The van der Waals surface area contributed by atoms with Gasteiger partial charge in [-0.3, -0.25) is 0 Å². The maximum atomic E-state index is 11.5. The molecule has 1 rings (SSSR count). The number of carboxylic acid groups (broad SMARTS) is 1. The van der Waals surface area contributed by atoms with Gasteiger partial charge in [-0.25, -0.2) is 9.59 Å². The van der Waals surface area contributed by atoms with E-state index in [0.29, 0.717) is 15.5 Å². The third kappa shape index (κ3) is 3.99. The van der Waals surface area contributed by atoms with Crippen molar-refractivity contribution < 1.29 is 14.7 Å². The van der Waals surface area contributed by atoms with Crippen LogP contribution < -0.4 is 10.6 Å². The lowest BCUT2D eigenvalue weighted by atomic mass is 10.2. The maximum absolute atomic E-state index is 11.5. The fourth-order valence-electron chi connectivity index (χ4n) is 1.27. The van der Waals surface area contributed by atoms with Crippen LogP contribution in [0.25, 0.3) is 0 Å². The quantitative estimate of drug-likeness (QED) is 0.749. The summed E-state index contributed by atoms with van der Waals surface area (Å²) in [5.41, 5.74) is 0.252. The van der Waals surface area contributed by atoms with Crippen molar-refractivity contribution >= 4 is 49.5 Å². The van der Waals surface area contributed by atoms with Gasteiger partial charge in [-0.2, -0.15) is 0 Å². The summed E-state index contributed by atoms with van der Waals surface area (Å²) in [5, 5.41) is 14.2. The van der Waals surface area contributed by atoms with Crippen LogP contribution in [-0.4, -0.2) is 23.7 Å². The fourth-order valence-corrected chi connectivity index (χ4v) is 2.59. The van der Waals surface area contributed by atoms with Gasteiger partial charge in [0.15, 0.2) is 0 Å². The average Bonchev–Trinajstić information content (AvgIpc) is 2.29. The normalized spacial score (nSPS) is 9.94. The molecule has 0 aliphatic carbocycles. The van der Waals surface area contributed by atoms with E-state index in [9.17, 15) is 9.59 Å². The first kappa shape index (κ1) is 15.0. The highest BCUT2D eigenvalue weighted by atomic mass is 79.9. The van der Waals surface area contributed by atoms with Crippen LogP contribution in [0.4, 0.5) is 10.5 Å². The lowest BCUT2D eigenvalue weighted by molar-refractivity contribution is 0.0698. The highest BCUT2D eigenvalue weighted by Crippen LogP contribution is 2.30. The number of anilines is 1. The zero-order valence-electron chi connectivity index (χ0n) is 9.59. The molecule has 0 heterocycles. The van der Waals surface area contributed by atoms with Crippen molar-refractivity contribution in [2.24, 2.45) is 0 Å². The molecule has 0 aliphatic rings. The Morgan fingerprint density at radius 2 is 2.00 bits per heavy atom. The first-order valence-electron chi connectivity index (χ1n) is 5.23. The van der Waals surface area contributed by atoms with E-state index in [0.717, 1.165) is 6.42 Å². The molecule has 3 N–H and O–H groups in total. The highest BCUT2D eigenvalue weighted by Gasteiger charge is 2.16. The molecule has 1 aromatic rings. The number of hydrogen-bond donors (Lipinski definition) is 3. The van der Waals surface area contributed by atoms with E-state index in [1.54, 1.807) is 6.07 Å². The molecule has 18 heavy (non-hydrogen) atoms. The Morgan fingerprint density at radius 1 is 1.33 bits per heavy atom. The summed E-state index contributed by atoms with van der Waals surface area (Å²) in [6.45, 7) is 2.46. The van der Waals surface area contributed by atoms with Gasteiger partial charge >= 0.3 is 12.0 Å². The third-order valence-electron chi connectivity index (χ3n) is 2.06. The molecule has 98 valence electrons. The molecule has 2 amide bonds. The second kappa shape index (κ2) is 6.75. The average molecular weight is 380 g/mol. The highest BCUT2D eigenvalue weighted by molar-refractivity contribution is 9.11. The van der Waals surface area contributed by atoms with E-state index in [4.69, 9.17) is 5.11 Å². The number of carboxylic acids is 1. The van der Waals surface area contributed by atoms with Crippen molar-refractivity contribution in [2.75, 3.05) is 11.9 Å². The largest absolute Gasteiger partial charge is 0.478 e. The number of nitrogens with one attached hydrogen (secondary N) is 2. The molecule has 0 aromatic heterocycles. The number of carbonyl (C=O) groups is 2. The van der Waals surface area contributed by atoms with E-state index in [2.05, 4.69) is 42.5 Å². The van der Waals surface area contributed by atoms with Gasteiger partial charge in [0.25, 0.3) is 0 Å². The molecular formula is C11H12Br2N2O3. The number of carbonyl (C=O) groups excluding carboxylic acids is 1. The number of hydrogen-bond acceptors (Lipinski definition) is 2. The minimum absolute atomic E-state index is 0.0166. The zero-order valence-corrected chi connectivity index (χ0v) is 12.8. The minimum Gasteiger partial charge on any atom is -0.478 e. The van der Waals surface area contributed by atoms with Crippen LogP contribution >= 0.6 is 31.9 Å². The zero-order chi connectivity index (χ0) is 13.7. The number of amides is 2. The van der Waals surface area contributed by atoms with Gasteiger partial charge in [0.05, 0.1) is 11.3 Å². The summed E-state index contributed by atoms with van der Waals surface area (Å²) in [6, 6.07) is 2.67. The van der Waals surface area contributed by atoms with E-state index < -0.39 is 12.0 Å². The summed E-state index contributed by atoms with van der Waals surface area (Å²) in [7, 11) is 0. The first-order chi connectivity index (χ1) is 8.45. The van der Waals surface area contributed by atoms with Gasteiger partial charge in [0, 0.05) is 15.5 Å². The molecular weight excluding hydrogens is 368 g/mol. The Kier molecular flexibility index (Phi) is 5.61. The summed E-state index contributed by atoms with van der Waals surface area (Å²) in [6.07, 6.45) is 0.806. The number of benzene rings is 1. The second-order valence-electron chi connectivity index (χ2n) is 3.50. The van der Waals surface area contributed by atoms with Crippen molar-refractivity contribution in [3.63, 3.8) is 0 Å². The Morgan fingerprint density at radius 3 is 2.56 bits per heavy atom. The monoisotopic (exact) mass is 378 g/mol. The van der Waals surface area contributed by atoms with Crippen LogP contribution in [-0.2, 0) is 0 Å². The molecule has 0 atom stereocenters. The minimum atomic E-state index is -1.11. The fraction of sp³-hybridized carbons (Fsp3) is 0.273. The summed E-state index contributed by atoms with van der Waals surface area (Å²) < 4.78 is 1.12. The van der Waals surface area contributed by atoms with Gasteiger partial charge in [-0.1, -0.05) is 22.9 Å². The SMILES string of the molecule is CCCNC(=O)Nc1c(Br)cc(Br)cc1C(=O)O. The van der Waals surface area contributed by atoms with Crippen LogP contribution in [0.5, 0.6) is 0 Å². The topological polar surface area (TPSA) is 78.4 Å².